The zero-order valence-corrected chi connectivity index (χ0v) is 16.0. The van der Waals surface area contributed by atoms with Crippen LogP contribution in [0.15, 0.2) is 54.7 Å². The lowest BCUT2D eigenvalue weighted by Crippen LogP contribution is -2.11. The van der Waals surface area contributed by atoms with Gasteiger partial charge in [-0.15, -0.1) is 0 Å². The van der Waals surface area contributed by atoms with Crippen LogP contribution in [0.2, 0.25) is 0 Å². The molecular formula is C22H28N4. The van der Waals surface area contributed by atoms with Crippen LogP contribution >= 0.6 is 0 Å². The van der Waals surface area contributed by atoms with E-state index in [2.05, 4.69) is 43.1 Å². The summed E-state index contributed by atoms with van der Waals surface area (Å²) in [7, 11) is 0. The van der Waals surface area contributed by atoms with Gasteiger partial charge >= 0.3 is 0 Å². The predicted molar refractivity (Wildman–Crippen MR) is 113 cm³/mol. The molecule has 0 aliphatic rings. The number of aryl methyl sites for hydroxylation is 1. The maximum absolute atomic E-state index is 5.73. The number of nitrogen functional groups attached to an aromatic ring is 2. The quantitative estimate of drug-likeness (QED) is 0.448. The van der Waals surface area contributed by atoms with Crippen molar-refractivity contribution in [3.63, 3.8) is 0 Å². The minimum Gasteiger partial charge on any atom is -0.397 e. The lowest BCUT2D eigenvalue weighted by Gasteiger charge is -2.16. The number of H-pyrrole nitrogens is 1. The molecule has 3 aromatic rings. The summed E-state index contributed by atoms with van der Waals surface area (Å²) in [6.45, 7) is 8.58. The van der Waals surface area contributed by atoms with Gasteiger partial charge in [-0.25, -0.2) is 0 Å². The number of rotatable bonds is 2. The average Bonchev–Trinajstić information content (AvgIpc) is 3.04. The van der Waals surface area contributed by atoms with E-state index in [4.69, 9.17) is 11.5 Å². The van der Waals surface area contributed by atoms with E-state index < -0.39 is 0 Å². The van der Waals surface area contributed by atoms with E-state index >= 15 is 0 Å². The number of nitrogens with one attached hydrogen (secondary N) is 1. The van der Waals surface area contributed by atoms with Gasteiger partial charge in [-0.05, 0) is 41.2 Å². The first-order valence-electron chi connectivity index (χ1n) is 8.66. The summed E-state index contributed by atoms with van der Waals surface area (Å²) in [5, 5.41) is 6.91. The van der Waals surface area contributed by atoms with Crippen LogP contribution in [0.1, 0.15) is 43.2 Å². The van der Waals surface area contributed by atoms with Gasteiger partial charge in [-0.2, -0.15) is 5.10 Å². The molecule has 0 unspecified atom stereocenters. The molecule has 1 aromatic heterocycles. The van der Waals surface area contributed by atoms with Crippen molar-refractivity contribution in [1.82, 2.24) is 10.2 Å². The van der Waals surface area contributed by atoms with Crippen molar-refractivity contribution >= 4 is 23.5 Å². The maximum Gasteiger partial charge on any atom is 0.0628 e. The molecule has 4 nitrogen and oxygen atoms in total. The van der Waals surface area contributed by atoms with E-state index in [1.165, 1.54) is 5.56 Å². The second-order valence-electron chi connectivity index (χ2n) is 7.27. The van der Waals surface area contributed by atoms with Crippen LogP contribution in [0, 0.1) is 6.92 Å². The van der Waals surface area contributed by atoms with Crippen molar-refractivity contribution in [2.24, 2.45) is 0 Å². The third kappa shape index (κ3) is 5.52. The van der Waals surface area contributed by atoms with Crippen LogP contribution in [0.3, 0.4) is 0 Å². The molecule has 0 saturated carbocycles. The number of aromatic amines is 1. The first-order chi connectivity index (χ1) is 12.3. The number of nitrogens with two attached hydrogens (primary N) is 2. The van der Waals surface area contributed by atoms with E-state index in [1.54, 1.807) is 0 Å². The normalized spacial score (nSPS) is 11.2. The van der Waals surface area contributed by atoms with Gasteiger partial charge in [0.15, 0.2) is 0 Å². The van der Waals surface area contributed by atoms with Crippen molar-refractivity contribution in [2.45, 2.75) is 33.1 Å². The van der Waals surface area contributed by atoms with E-state index in [1.807, 2.05) is 61.7 Å². The molecule has 3 rings (SSSR count). The lowest BCUT2D eigenvalue weighted by molar-refractivity contribution is 0.586. The van der Waals surface area contributed by atoms with E-state index in [0.29, 0.717) is 11.4 Å². The lowest BCUT2D eigenvalue weighted by atomic mass is 9.88. The molecule has 0 radical (unpaired) electrons. The SMILES string of the molecule is Cc1n[nH]cc1C(C)(C)C.Nc1ccc(C=Cc2ccccc2)cc1N. The van der Waals surface area contributed by atoms with E-state index in [0.717, 1.165) is 16.8 Å². The molecule has 0 aliphatic heterocycles. The minimum absolute atomic E-state index is 0.219. The third-order valence-corrected chi connectivity index (χ3v) is 4.02. The molecule has 2 aromatic carbocycles. The molecule has 0 amide bonds. The summed E-state index contributed by atoms with van der Waals surface area (Å²) in [5.41, 5.74) is 17.5. The molecule has 26 heavy (non-hydrogen) atoms. The van der Waals surface area contributed by atoms with Crippen LogP contribution in [0.5, 0.6) is 0 Å². The molecule has 136 valence electrons. The number of anilines is 2. The summed E-state index contributed by atoms with van der Waals surface area (Å²) in [5.74, 6) is 0. The van der Waals surface area contributed by atoms with Gasteiger partial charge < -0.3 is 11.5 Å². The van der Waals surface area contributed by atoms with E-state index in [9.17, 15) is 0 Å². The molecule has 4 heteroatoms. The summed E-state index contributed by atoms with van der Waals surface area (Å²) >= 11 is 0. The molecule has 1 heterocycles. The Balaban J connectivity index is 0.000000209. The Hall–Kier alpha value is -3.01. The second-order valence-corrected chi connectivity index (χ2v) is 7.27. The van der Waals surface area contributed by atoms with Crippen LogP contribution < -0.4 is 11.5 Å². The highest BCUT2D eigenvalue weighted by atomic mass is 15.1. The number of benzene rings is 2. The number of hydrogen-bond donors (Lipinski definition) is 3. The van der Waals surface area contributed by atoms with Gasteiger partial charge in [0.2, 0.25) is 0 Å². The number of hydrogen-bond acceptors (Lipinski definition) is 3. The van der Waals surface area contributed by atoms with Crippen LogP contribution in [-0.4, -0.2) is 10.2 Å². The first-order valence-corrected chi connectivity index (χ1v) is 8.66. The largest absolute Gasteiger partial charge is 0.397 e. The fourth-order valence-electron chi connectivity index (χ4n) is 2.57. The molecule has 0 spiro atoms. The number of aromatic nitrogens is 2. The zero-order valence-electron chi connectivity index (χ0n) is 16.0. The summed E-state index contributed by atoms with van der Waals surface area (Å²) in [6, 6.07) is 15.8. The van der Waals surface area contributed by atoms with Gasteiger partial charge in [0.25, 0.3) is 0 Å². The fourth-order valence-corrected chi connectivity index (χ4v) is 2.57. The molecule has 5 N–H and O–H groups in total. The summed E-state index contributed by atoms with van der Waals surface area (Å²) in [4.78, 5) is 0. The van der Waals surface area contributed by atoms with Crippen molar-refractivity contribution < 1.29 is 0 Å². The Labute approximate surface area is 155 Å². The number of nitrogens with zero attached hydrogens (tertiary/aromatic N) is 1. The third-order valence-electron chi connectivity index (χ3n) is 4.02. The van der Waals surface area contributed by atoms with Gasteiger partial charge in [0.05, 0.1) is 17.1 Å². The van der Waals surface area contributed by atoms with Gasteiger partial charge in [-0.3, -0.25) is 5.10 Å². The summed E-state index contributed by atoms with van der Waals surface area (Å²) in [6.07, 6.45) is 6.03. The van der Waals surface area contributed by atoms with Crippen molar-refractivity contribution in [2.75, 3.05) is 11.5 Å². The Morgan fingerprint density at radius 3 is 2.04 bits per heavy atom. The second kappa shape index (κ2) is 8.39. The van der Waals surface area contributed by atoms with Gasteiger partial charge in [0.1, 0.15) is 0 Å². The monoisotopic (exact) mass is 348 g/mol. The summed E-state index contributed by atoms with van der Waals surface area (Å²) < 4.78 is 0. The Bertz CT molecular complexity index is 855. The van der Waals surface area contributed by atoms with Gasteiger partial charge in [-0.1, -0.05) is 69.3 Å². The zero-order chi connectivity index (χ0) is 19.2. The topological polar surface area (TPSA) is 80.7 Å². The molecule has 0 aliphatic carbocycles. The van der Waals surface area contributed by atoms with Gasteiger partial charge in [0, 0.05) is 6.20 Å². The van der Waals surface area contributed by atoms with E-state index in [-0.39, 0.29) is 5.41 Å². The van der Waals surface area contributed by atoms with Crippen LogP contribution in [-0.2, 0) is 5.41 Å². The smallest absolute Gasteiger partial charge is 0.0628 e. The molecule has 0 bridgehead atoms. The molecular weight excluding hydrogens is 320 g/mol. The Morgan fingerprint density at radius 1 is 0.885 bits per heavy atom. The van der Waals surface area contributed by atoms with Crippen LogP contribution in [0.4, 0.5) is 11.4 Å². The minimum atomic E-state index is 0.219. The Kier molecular flexibility index (Phi) is 6.23. The van der Waals surface area contributed by atoms with Crippen molar-refractivity contribution in [1.29, 1.82) is 0 Å². The molecule has 0 atom stereocenters. The molecule has 0 saturated heterocycles. The highest BCUT2D eigenvalue weighted by Crippen LogP contribution is 2.23. The highest BCUT2D eigenvalue weighted by Gasteiger charge is 2.17. The predicted octanol–water partition coefficient (Wildman–Crippen LogP) is 5.04. The fraction of sp³-hybridized carbons (Fsp3) is 0.227. The Morgan fingerprint density at radius 2 is 1.54 bits per heavy atom. The highest BCUT2D eigenvalue weighted by molar-refractivity contribution is 5.74. The van der Waals surface area contributed by atoms with Crippen molar-refractivity contribution in [3.8, 4) is 0 Å². The van der Waals surface area contributed by atoms with Crippen molar-refractivity contribution in [3.05, 3.63) is 77.1 Å². The average molecular weight is 348 g/mol. The first kappa shape index (κ1) is 19.3. The maximum atomic E-state index is 5.73. The van der Waals surface area contributed by atoms with Crippen LogP contribution in [0.25, 0.3) is 12.2 Å². The molecule has 0 fully saturated rings. The standard InChI is InChI=1S/C14H14N2.C8H14N2/c15-13-9-8-12(10-14(13)16)7-6-11-4-2-1-3-5-11;1-6-7(5-9-10-6)8(2,3)4/h1-10H,15-16H2;5H,1-4H3,(H,9,10).